The number of hydrogen-bond donors (Lipinski definition) is 1. The van der Waals surface area contributed by atoms with Crippen molar-refractivity contribution in [3.05, 3.63) is 59.7 Å². The molecule has 43 heavy (non-hydrogen) atoms. The number of carboxylic acid groups (broad SMARTS) is 1. The lowest BCUT2D eigenvalue weighted by molar-refractivity contribution is -0.131. The largest absolute Gasteiger partial charge is 0.478 e. The van der Waals surface area contributed by atoms with Crippen LogP contribution in [0.3, 0.4) is 0 Å². The van der Waals surface area contributed by atoms with E-state index in [9.17, 15) is 9.59 Å². The molecular weight excluding hydrogens is 560 g/mol. The number of amides is 1. The van der Waals surface area contributed by atoms with Gasteiger partial charge in [0.05, 0.1) is 0 Å². The molecule has 2 heterocycles. The van der Waals surface area contributed by atoms with E-state index in [4.69, 9.17) is 9.84 Å². The van der Waals surface area contributed by atoms with E-state index in [-0.39, 0.29) is 23.9 Å². The van der Waals surface area contributed by atoms with E-state index in [0.717, 1.165) is 66.1 Å². The molecule has 7 heteroatoms. The third-order valence-corrected chi connectivity index (χ3v) is 11.1. The van der Waals surface area contributed by atoms with Crippen LogP contribution >= 0.6 is 12.4 Å². The van der Waals surface area contributed by atoms with Gasteiger partial charge in [0, 0.05) is 30.8 Å². The summed E-state index contributed by atoms with van der Waals surface area (Å²) < 4.78 is 6.33. The number of carboxylic acids is 1. The summed E-state index contributed by atoms with van der Waals surface area (Å²) in [7, 11) is 0. The molecular formula is C36H45ClN2O4. The molecule has 0 radical (unpaired) electrons. The predicted octanol–water partition coefficient (Wildman–Crippen LogP) is 7.79. The van der Waals surface area contributed by atoms with Crippen molar-refractivity contribution in [2.45, 2.75) is 82.1 Å². The van der Waals surface area contributed by atoms with Crippen molar-refractivity contribution < 1.29 is 19.4 Å². The zero-order valence-electron chi connectivity index (χ0n) is 25.1. The van der Waals surface area contributed by atoms with Crippen LogP contribution in [0, 0.1) is 17.8 Å². The molecule has 6 fully saturated rings. The summed E-state index contributed by atoms with van der Waals surface area (Å²) in [5.74, 6) is 2.17. The molecule has 4 saturated carbocycles. The van der Waals surface area contributed by atoms with Gasteiger partial charge in [0.15, 0.2) is 0 Å². The van der Waals surface area contributed by atoms with Crippen LogP contribution in [0.25, 0.3) is 17.2 Å². The molecule has 4 bridgehead atoms. The molecule has 6 nitrogen and oxygen atoms in total. The van der Waals surface area contributed by atoms with Crippen LogP contribution in [0.15, 0.2) is 48.5 Å². The van der Waals surface area contributed by atoms with Gasteiger partial charge in [0.1, 0.15) is 5.75 Å². The Morgan fingerprint density at radius 2 is 1.42 bits per heavy atom. The maximum atomic E-state index is 13.6. The van der Waals surface area contributed by atoms with E-state index in [1.807, 2.05) is 23.1 Å². The van der Waals surface area contributed by atoms with Crippen LogP contribution in [-0.4, -0.2) is 59.2 Å². The van der Waals surface area contributed by atoms with Gasteiger partial charge in [-0.05, 0) is 135 Å². The molecule has 6 aliphatic rings. The standard InChI is InChI=1S/C36H44N2O4.ClH/c39-34(40)11-6-25-4-7-29(8-5-25)30-9-10-33(32(21-30)36-22-26-18-27(23-36)20-28(19-26)24-36)42-35(41)38-16-12-31(13-17-38)37-14-2-1-3-15-37;/h4-11,21,26-28,31H,1-3,12-20,22-24H2,(H,39,40);1H/b11-6+;. The van der Waals surface area contributed by atoms with Gasteiger partial charge < -0.3 is 19.6 Å². The highest BCUT2D eigenvalue weighted by atomic mass is 35.5. The molecule has 4 aliphatic carbocycles. The minimum atomic E-state index is -0.948. The van der Waals surface area contributed by atoms with Crippen molar-refractivity contribution in [3.8, 4) is 16.9 Å². The molecule has 230 valence electrons. The van der Waals surface area contributed by atoms with E-state index >= 15 is 0 Å². The number of nitrogens with zero attached hydrogens (tertiary/aromatic N) is 2. The Bertz CT molecular complexity index is 1310. The van der Waals surface area contributed by atoms with Crippen LogP contribution in [0.1, 0.15) is 81.8 Å². The summed E-state index contributed by atoms with van der Waals surface area (Å²) in [6.45, 7) is 3.95. The second kappa shape index (κ2) is 12.6. The Hall–Kier alpha value is -2.83. The van der Waals surface area contributed by atoms with Gasteiger partial charge in [0.2, 0.25) is 0 Å². The molecule has 0 aromatic heterocycles. The third-order valence-electron chi connectivity index (χ3n) is 11.1. The predicted molar refractivity (Wildman–Crippen MR) is 172 cm³/mol. The minimum absolute atomic E-state index is 0. The number of carbonyl (C=O) groups is 2. The van der Waals surface area contributed by atoms with Gasteiger partial charge in [-0.2, -0.15) is 0 Å². The summed E-state index contributed by atoms with van der Waals surface area (Å²) in [4.78, 5) is 29.1. The Morgan fingerprint density at radius 1 is 0.814 bits per heavy atom. The summed E-state index contributed by atoms with van der Waals surface area (Å²) in [6.07, 6.45) is 16.3. The lowest BCUT2D eigenvalue weighted by Gasteiger charge is -2.57. The fraction of sp³-hybridized carbons (Fsp3) is 0.556. The van der Waals surface area contributed by atoms with Crippen LogP contribution in [-0.2, 0) is 10.2 Å². The molecule has 0 unspecified atom stereocenters. The van der Waals surface area contributed by atoms with Gasteiger partial charge in [-0.25, -0.2) is 9.59 Å². The Labute approximate surface area is 261 Å². The fourth-order valence-electron chi connectivity index (χ4n) is 9.46. The lowest BCUT2D eigenvalue weighted by Crippen LogP contribution is -2.49. The molecule has 0 atom stereocenters. The van der Waals surface area contributed by atoms with Crippen molar-refractivity contribution in [1.29, 1.82) is 0 Å². The first-order chi connectivity index (χ1) is 20.4. The Morgan fingerprint density at radius 3 is 2.02 bits per heavy atom. The molecule has 1 N–H and O–H groups in total. The minimum Gasteiger partial charge on any atom is -0.478 e. The quantitative estimate of drug-likeness (QED) is 0.341. The highest BCUT2D eigenvalue weighted by Crippen LogP contribution is 2.62. The number of aliphatic carboxylic acids is 1. The van der Waals surface area contributed by atoms with E-state index in [0.29, 0.717) is 6.04 Å². The number of halogens is 1. The average molecular weight is 605 g/mol. The molecule has 1 amide bonds. The number of carbonyl (C=O) groups excluding carboxylic acids is 1. The first-order valence-corrected chi connectivity index (χ1v) is 16.3. The van der Waals surface area contributed by atoms with Crippen LogP contribution in [0.4, 0.5) is 4.79 Å². The molecule has 2 aliphatic heterocycles. The third kappa shape index (κ3) is 6.37. The normalized spacial score (nSPS) is 29.0. The van der Waals surface area contributed by atoms with Gasteiger partial charge in [0.25, 0.3) is 0 Å². The fourth-order valence-corrected chi connectivity index (χ4v) is 9.46. The number of piperidine rings is 2. The molecule has 0 spiro atoms. The summed E-state index contributed by atoms with van der Waals surface area (Å²) in [5.41, 5.74) is 4.39. The Balaban J connectivity index is 0.00000329. The van der Waals surface area contributed by atoms with Gasteiger partial charge >= 0.3 is 12.1 Å². The van der Waals surface area contributed by atoms with Crippen molar-refractivity contribution in [1.82, 2.24) is 9.80 Å². The van der Waals surface area contributed by atoms with Crippen LogP contribution < -0.4 is 4.74 Å². The first-order valence-electron chi connectivity index (χ1n) is 16.3. The Kier molecular flexibility index (Phi) is 8.89. The SMILES string of the molecule is Cl.O=C(O)/C=C/c1ccc(-c2ccc(OC(=O)N3CCC(N4CCCCC4)CC3)c(C34CC5CC(CC(C5)C3)C4)c2)cc1. The number of rotatable bonds is 6. The number of likely N-dealkylation sites (tertiary alicyclic amines) is 2. The second-order valence-corrected chi connectivity index (χ2v) is 13.9. The molecule has 2 aromatic carbocycles. The highest BCUT2D eigenvalue weighted by Gasteiger charge is 2.52. The van der Waals surface area contributed by atoms with E-state index in [1.165, 1.54) is 82.5 Å². The topological polar surface area (TPSA) is 70.1 Å². The summed E-state index contributed by atoms with van der Waals surface area (Å²) in [5, 5.41) is 8.96. The number of benzene rings is 2. The van der Waals surface area contributed by atoms with Crippen LogP contribution in [0.2, 0.25) is 0 Å². The molecule has 2 saturated heterocycles. The van der Waals surface area contributed by atoms with Crippen molar-refractivity contribution >= 4 is 30.5 Å². The van der Waals surface area contributed by atoms with Gasteiger partial charge in [-0.1, -0.05) is 36.8 Å². The van der Waals surface area contributed by atoms with Gasteiger partial charge in [-0.15, -0.1) is 12.4 Å². The summed E-state index contributed by atoms with van der Waals surface area (Å²) in [6, 6.07) is 15.1. The number of hydrogen-bond acceptors (Lipinski definition) is 4. The van der Waals surface area contributed by atoms with E-state index in [1.54, 1.807) is 6.08 Å². The highest BCUT2D eigenvalue weighted by molar-refractivity contribution is 5.85. The van der Waals surface area contributed by atoms with Crippen molar-refractivity contribution in [2.24, 2.45) is 17.8 Å². The number of ether oxygens (including phenoxy) is 1. The monoisotopic (exact) mass is 604 g/mol. The lowest BCUT2D eigenvalue weighted by atomic mass is 9.48. The van der Waals surface area contributed by atoms with E-state index < -0.39 is 5.97 Å². The molecule has 8 rings (SSSR count). The average Bonchev–Trinajstić information content (AvgIpc) is 3.00. The molecule has 2 aromatic rings. The second-order valence-electron chi connectivity index (χ2n) is 13.9. The van der Waals surface area contributed by atoms with Crippen molar-refractivity contribution in [2.75, 3.05) is 26.2 Å². The zero-order valence-corrected chi connectivity index (χ0v) is 25.9. The van der Waals surface area contributed by atoms with Crippen molar-refractivity contribution in [3.63, 3.8) is 0 Å². The first kappa shape index (κ1) is 30.2. The maximum Gasteiger partial charge on any atom is 0.415 e. The smallest absolute Gasteiger partial charge is 0.415 e. The van der Waals surface area contributed by atoms with E-state index in [2.05, 4.69) is 29.2 Å². The summed E-state index contributed by atoms with van der Waals surface area (Å²) >= 11 is 0. The van der Waals surface area contributed by atoms with Gasteiger partial charge in [-0.3, -0.25) is 0 Å². The van der Waals surface area contributed by atoms with Crippen LogP contribution in [0.5, 0.6) is 5.75 Å². The zero-order chi connectivity index (χ0) is 28.7. The maximum absolute atomic E-state index is 13.6.